The molecule has 0 amide bonds. The molecule has 0 radical (unpaired) electrons. The number of likely N-dealkylation sites (N-methyl/N-ethyl adjacent to an activating group) is 1. The van der Waals surface area contributed by atoms with Crippen LogP contribution in [0.25, 0.3) is 5.52 Å². The molecule has 0 atom stereocenters. The Bertz CT molecular complexity index is 551. The molecule has 2 aromatic rings. The molecule has 0 saturated heterocycles. The van der Waals surface area contributed by atoms with E-state index in [1.807, 2.05) is 28.9 Å². The number of nitrogen functional groups attached to an aromatic ring is 1. The number of nitrogens with one attached hydrogen (secondary N) is 1. The van der Waals surface area contributed by atoms with E-state index >= 15 is 0 Å². The van der Waals surface area contributed by atoms with Gasteiger partial charge in [0.15, 0.2) is 5.82 Å². The molecule has 2 heterocycles. The SMILES string of the molecule is CC[N+](C)(CC)CCNc1nn2ccccc2c1N.Cl.[Cl-]. The maximum Gasteiger partial charge on any atom is 0.172 e. The average molecular weight is 334 g/mol. The summed E-state index contributed by atoms with van der Waals surface area (Å²) < 4.78 is 2.87. The van der Waals surface area contributed by atoms with Gasteiger partial charge in [0.05, 0.1) is 38.7 Å². The van der Waals surface area contributed by atoms with Crippen LogP contribution in [0.3, 0.4) is 0 Å². The number of quaternary nitrogens is 1. The Balaban J connectivity index is 0.00000200. The highest BCUT2D eigenvalue weighted by atomic mass is 35.5. The number of pyridine rings is 1. The van der Waals surface area contributed by atoms with Gasteiger partial charge >= 0.3 is 0 Å². The molecule has 0 fully saturated rings. The van der Waals surface area contributed by atoms with Gasteiger partial charge in [-0.1, -0.05) is 6.07 Å². The van der Waals surface area contributed by atoms with Crippen molar-refractivity contribution in [3.8, 4) is 0 Å². The van der Waals surface area contributed by atoms with Crippen molar-refractivity contribution in [2.75, 3.05) is 44.3 Å². The van der Waals surface area contributed by atoms with Gasteiger partial charge < -0.3 is 27.9 Å². The van der Waals surface area contributed by atoms with Crippen LogP contribution in [0.4, 0.5) is 11.5 Å². The van der Waals surface area contributed by atoms with Crippen molar-refractivity contribution in [2.24, 2.45) is 0 Å². The van der Waals surface area contributed by atoms with Gasteiger partial charge in [-0.2, -0.15) is 0 Å². The van der Waals surface area contributed by atoms with Crippen LogP contribution in [0.2, 0.25) is 0 Å². The summed E-state index contributed by atoms with van der Waals surface area (Å²) in [6, 6.07) is 5.90. The quantitative estimate of drug-likeness (QED) is 0.683. The Kier molecular flexibility index (Phi) is 7.85. The van der Waals surface area contributed by atoms with Crippen LogP contribution in [0.5, 0.6) is 0 Å². The summed E-state index contributed by atoms with van der Waals surface area (Å²) in [5.74, 6) is 0.782. The number of hydrogen-bond acceptors (Lipinski definition) is 3. The lowest BCUT2D eigenvalue weighted by atomic mass is 10.3. The fraction of sp³-hybridized carbons (Fsp3) is 0.500. The van der Waals surface area contributed by atoms with Crippen LogP contribution in [0.1, 0.15) is 13.8 Å². The summed E-state index contributed by atoms with van der Waals surface area (Å²) in [7, 11) is 2.27. The van der Waals surface area contributed by atoms with Crippen molar-refractivity contribution < 1.29 is 16.9 Å². The third-order valence-corrected chi connectivity index (χ3v) is 4.05. The number of nitrogens with zero attached hydrogens (tertiary/aromatic N) is 3. The highest BCUT2D eigenvalue weighted by Crippen LogP contribution is 2.22. The van der Waals surface area contributed by atoms with Crippen LogP contribution < -0.4 is 23.5 Å². The van der Waals surface area contributed by atoms with Gasteiger partial charge in [-0.05, 0) is 26.0 Å². The van der Waals surface area contributed by atoms with E-state index < -0.39 is 0 Å². The van der Waals surface area contributed by atoms with Gasteiger partial charge in [0.1, 0.15) is 5.69 Å². The maximum atomic E-state index is 6.10. The number of hydrogen-bond donors (Lipinski definition) is 2. The summed E-state index contributed by atoms with van der Waals surface area (Å²) in [5.41, 5.74) is 7.78. The Hall–Kier alpha value is -1.17. The molecule has 0 saturated carbocycles. The van der Waals surface area contributed by atoms with E-state index in [1.54, 1.807) is 0 Å². The van der Waals surface area contributed by atoms with E-state index in [2.05, 4.69) is 31.3 Å². The monoisotopic (exact) mass is 333 g/mol. The van der Waals surface area contributed by atoms with Gasteiger partial charge in [-0.25, -0.2) is 4.52 Å². The highest BCUT2D eigenvalue weighted by Gasteiger charge is 2.16. The fourth-order valence-electron chi connectivity index (χ4n) is 2.13. The maximum absolute atomic E-state index is 6.10. The first-order valence-electron chi connectivity index (χ1n) is 6.90. The molecule has 2 rings (SSSR count). The van der Waals surface area contributed by atoms with E-state index in [4.69, 9.17) is 5.73 Å². The molecule has 0 unspecified atom stereocenters. The number of nitrogens with two attached hydrogens (primary N) is 1. The topological polar surface area (TPSA) is 55.4 Å². The van der Waals surface area contributed by atoms with Crippen molar-refractivity contribution >= 4 is 29.4 Å². The summed E-state index contributed by atoms with van der Waals surface area (Å²) in [6.45, 7) is 8.68. The minimum atomic E-state index is 0. The predicted molar refractivity (Wildman–Crippen MR) is 87.5 cm³/mol. The standard InChI is InChI=1S/C14H24N5.2ClH/c1-4-19(3,5-2)11-9-16-14-13(15)12-8-6-7-10-18(12)17-14;;/h6-8,10H,4-5,9,11,15H2,1-3H3,(H,16,17);2*1H/q+1;;/p-1. The van der Waals surface area contributed by atoms with Crippen LogP contribution >= 0.6 is 12.4 Å². The Morgan fingerprint density at radius 1 is 1.29 bits per heavy atom. The van der Waals surface area contributed by atoms with Gasteiger partial charge in [0.2, 0.25) is 0 Å². The average Bonchev–Trinajstić information content (AvgIpc) is 2.76. The number of anilines is 2. The summed E-state index contributed by atoms with van der Waals surface area (Å²) in [6.07, 6.45) is 1.91. The molecule has 5 nitrogen and oxygen atoms in total. The van der Waals surface area contributed by atoms with E-state index in [0.717, 1.165) is 47.7 Å². The zero-order chi connectivity index (χ0) is 13.9. The molecular weight excluding hydrogens is 309 g/mol. The third kappa shape index (κ3) is 4.40. The zero-order valence-corrected chi connectivity index (χ0v) is 14.4. The van der Waals surface area contributed by atoms with Crippen molar-refractivity contribution in [2.45, 2.75) is 13.8 Å². The molecule has 0 bridgehead atoms. The number of aromatic nitrogens is 2. The van der Waals surface area contributed by atoms with Crippen LogP contribution in [-0.2, 0) is 0 Å². The van der Waals surface area contributed by atoms with Gasteiger partial charge in [-0.15, -0.1) is 17.5 Å². The number of fused-ring (bicyclic) bond motifs is 1. The zero-order valence-electron chi connectivity index (χ0n) is 12.8. The molecule has 21 heavy (non-hydrogen) atoms. The van der Waals surface area contributed by atoms with E-state index in [1.165, 1.54) is 0 Å². The summed E-state index contributed by atoms with van der Waals surface area (Å²) >= 11 is 0. The molecule has 0 aromatic carbocycles. The molecule has 0 aliphatic rings. The molecule has 7 heteroatoms. The Morgan fingerprint density at radius 3 is 2.52 bits per heavy atom. The van der Waals surface area contributed by atoms with Gasteiger partial charge in [0.25, 0.3) is 0 Å². The largest absolute Gasteiger partial charge is 1.00 e. The number of rotatable bonds is 6. The first-order valence-corrected chi connectivity index (χ1v) is 6.90. The third-order valence-electron chi connectivity index (χ3n) is 4.05. The van der Waals surface area contributed by atoms with Crippen LogP contribution in [0, 0.1) is 0 Å². The van der Waals surface area contributed by atoms with E-state index in [0.29, 0.717) is 0 Å². The molecule has 0 spiro atoms. The summed E-state index contributed by atoms with van der Waals surface area (Å²) in [5, 5.41) is 7.81. The van der Waals surface area contributed by atoms with Crippen molar-refractivity contribution in [1.82, 2.24) is 9.61 Å². The van der Waals surface area contributed by atoms with Crippen molar-refractivity contribution in [3.05, 3.63) is 24.4 Å². The van der Waals surface area contributed by atoms with E-state index in [9.17, 15) is 0 Å². The lowest BCUT2D eigenvalue weighted by Crippen LogP contribution is -3.00. The second-order valence-corrected chi connectivity index (χ2v) is 5.20. The Morgan fingerprint density at radius 2 is 1.95 bits per heavy atom. The van der Waals surface area contributed by atoms with Gasteiger partial charge in [0, 0.05) is 6.20 Å². The molecule has 0 aliphatic carbocycles. The van der Waals surface area contributed by atoms with Crippen molar-refractivity contribution in [1.29, 1.82) is 0 Å². The lowest BCUT2D eigenvalue weighted by Gasteiger charge is -2.32. The molecule has 3 N–H and O–H groups in total. The minimum Gasteiger partial charge on any atom is -1.00 e. The minimum absolute atomic E-state index is 0. The first kappa shape index (κ1) is 19.8. The lowest BCUT2D eigenvalue weighted by molar-refractivity contribution is -0.904. The molecule has 120 valence electrons. The van der Waals surface area contributed by atoms with Gasteiger partial charge in [-0.3, -0.25) is 0 Å². The number of halogens is 2. The smallest absolute Gasteiger partial charge is 0.172 e. The summed E-state index contributed by atoms with van der Waals surface area (Å²) in [4.78, 5) is 0. The first-order chi connectivity index (χ1) is 9.09. The second kappa shape index (κ2) is 8.32. The highest BCUT2D eigenvalue weighted by molar-refractivity contribution is 5.85. The predicted octanol–water partition coefficient (Wildman–Crippen LogP) is -0.759. The molecule has 2 aromatic heterocycles. The molecule has 0 aliphatic heterocycles. The van der Waals surface area contributed by atoms with Crippen molar-refractivity contribution in [3.63, 3.8) is 0 Å². The second-order valence-electron chi connectivity index (χ2n) is 5.20. The normalized spacial score (nSPS) is 10.8. The van der Waals surface area contributed by atoms with Crippen LogP contribution in [-0.4, -0.2) is 47.3 Å². The van der Waals surface area contributed by atoms with Crippen LogP contribution in [0.15, 0.2) is 24.4 Å². The van der Waals surface area contributed by atoms with E-state index in [-0.39, 0.29) is 24.8 Å². The Labute approximate surface area is 138 Å². The fourth-order valence-corrected chi connectivity index (χ4v) is 2.13. The molecular formula is C14H25Cl2N5.